The van der Waals surface area contributed by atoms with Gasteiger partial charge >= 0.3 is 6.03 Å². The van der Waals surface area contributed by atoms with Crippen molar-refractivity contribution in [2.45, 2.75) is 38.8 Å². The average molecular weight is 458 g/mol. The van der Waals surface area contributed by atoms with Crippen molar-refractivity contribution in [3.63, 3.8) is 0 Å². The van der Waals surface area contributed by atoms with Crippen molar-refractivity contribution >= 4 is 35.0 Å². The van der Waals surface area contributed by atoms with Gasteiger partial charge in [-0.2, -0.15) is 0 Å². The number of carbonyl (C=O) groups excluding carboxylic acids is 4. The fraction of sp³-hybridized carbons (Fsp3) is 0.391. The van der Waals surface area contributed by atoms with Crippen molar-refractivity contribution in [2.24, 2.45) is 5.92 Å². The van der Waals surface area contributed by atoms with Gasteiger partial charge in [-0.3, -0.25) is 19.3 Å². The van der Waals surface area contributed by atoms with Gasteiger partial charge < -0.3 is 10.2 Å². The number of hydrogen-bond acceptors (Lipinski definition) is 5. The van der Waals surface area contributed by atoms with Crippen LogP contribution in [-0.4, -0.2) is 52.1 Å². The summed E-state index contributed by atoms with van der Waals surface area (Å²) in [5.41, 5.74) is 0.122. The maximum Gasteiger partial charge on any atom is 0.325 e. The number of rotatable bonds is 5. The number of nitrogens with zero attached hydrogens (tertiary/aromatic N) is 2. The Labute approximate surface area is 189 Å². The van der Waals surface area contributed by atoms with Gasteiger partial charge in [0, 0.05) is 18.5 Å². The number of imide groups is 1. The zero-order chi connectivity index (χ0) is 23.0. The van der Waals surface area contributed by atoms with E-state index in [9.17, 15) is 23.6 Å². The van der Waals surface area contributed by atoms with Crippen molar-refractivity contribution in [1.82, 2.24) is 15.1 Å². The maximum atomic E-state index is 13.2. The largest absolute Gasteiger partial charge is 0.339 e. The summed E-state index contributed by atoms with van der Waals surface area (Å²) in [6.07, 6.45) is 1.14. The Balaban J connectivity index is 1.40. The van der Waals surface area contributed by atoms with Gasteiger partial charge in [0.1, 0.15) is 11.4 Å². The number of nitrogens with one attached hydrogen (secondary N) is 1. The molecule has 9 heteroatoms. The summed E-state index contributed by atoms with van der Waals surface area (Å²) in [4.78, 5) is 53.5. The molecule has 1 aromatic carbocycles. The van der Waals surface area contributed by atoms with Crippen molar-refractivity contribution in [3.8, 4) is 0 Å². The van der Waals surface area contributed by atoms with Crippen LogP contribution in [0.15, 0.2) is 35.7 Å². The molecule has 1 N–H and O–H groups in total. The molecule has 0 unspecified atom stereocenters. The molecule has 168 valence electrons. The molecule has 4 rings (SSSR count). The van der Waals surface area contributed by atoms with Crippen LogP contribution in [-0.2, 0) is 11.3 Å². The normalized spacial score (nSPS) is 21.7. The Morgan fingerprint density at radius 2 is 1.84 bits per heavy atom. The van der Waals surface area contributed by atoms with Gasteiger partial charge in [0.2, 0.25) is 0 Å². The number of likely N-dealkylation sites (tertiary alicyclic amines) is 1. The quantitative estimate of drug-likeness (QED) is 0.550. The maximum absolute atomic E-state index is 13.2. The second-order valence-electron chi connectivity index (χ2n) is 8.47. The predicted octanol–water partition coefficient (Wildman–Crippen LogP) is 3.45. The molecule has 2 aliphatic rings. The minimum Gasteiger partial charge on any atom is -0.339 e. The SMILES string of the molecule is CC(=O)c1cc(C(=O)N2CCC([C@]3(C)NC(=O)N(Cc4ccc(F)cc4)C3=O)CC2)cs1. The highest BCUT2D eigenvalue weighted by atomic mass is 32.1. The van der Waals surface area contributed by atoms with Crippen LogP contribution >= 0.6 is 11.3 Å². The molecule has 2 saturated heterocycles. The Morgan fingerprint density at radius 1 is 1.19 bits per heavy atom. The van der Waals surface area contributed by atoms with E-state index in [2.05, 4.69) is 5.32 Å². The van der Waals surface area contributed by atoms with Crippen molar-refractivity contribution in [1.29, 1.82) is 0 Å². The Bertz CT molecular complexity index is 1080. The molecule has 0 spiro atoms. The molecule has 2 aromatic rings. The highest BCUT2D eigenvalue weighted by molar-refractivity contribution is 7.12. The lowest BCUT2D eigenvalue weighted by Crippen LogP contribution is -2.54. The summed E-state index contributed by atoms with van der Waals surface area (Å²) in [6, 6.07) is 6.86. The number of ketones is 1. The van der Waals surface area contributed by atoms with E-state index in [0.29, 0.717) is 41.9 Å². The van der Waals surface area contributed by atoms with Crippen molar-refractivity contribution in [2.75, 3.05) is 13.1 Å². The van der Waals surface area contributed by atoms with Gasteiger partial charge in [-0.05, 0) is 56.4 Å². The molecule has 32 heavy (non-hydrogen) atoms. The molecule has 1 aromatic heterocycles. The number of benzene rings is 1. The zero-order valence-electron chi connectivity index (χ0n) is 17.9. The lowest BCUT2D eigenvalue weighted by molar-refractivity contribution is -0.133. The summed E-state index contributed by atoms with van der Waals surface area (Å²) in [7, 11) is 0. The first-order valence-electron chi connectivity index (χ1n) is 10.5. The number of piperidine rings is 1. The first kappa shape index (κ1) is 22.1. The third-order valence-corrected chi connectivity index (χ3v) is 7.38. The summed E-state index contributed by atoms with van der Waals surface area (Å²) in [6.45, 7) is 4.21. The molecule has 2 fully saturated rings. The summed E-state index contributed by atoms with van der Waals surface area (Å²) < 4.78 is 13.2. The van der Waals surface area contributed by atoms with Crippen LogP contribution in [0.2, 0.25) is 0 Å². The van der Waals surface area contributed by atoms with Crippen LogP contribution in [0.25, 0.3) is 0 Å². The standard InChI is InChI=1S/C23H24FN3O4S/c1-14(28)19-11-16(13-32-19)20(29)26-9-7-17(8-10-26)23(2)21(30)27(22(31)25-23)12-15-3-5-18(24)6-4-15/h3-6,11,13,17H,7-10,12H2,1-2H3,(H,25,31)/t23-/m0/s1. The third-order valence-electron chi connectivity index (χ3n) is 6.35. The van der Waals surface area contributed by atoms with Gasteiger partial charge in [0.15, 0.2) is 5.78 Å². The number of carbonyl (C=O) groups is 4. The van der Waals surface area contributed by atoms with Crippen LogP contribution in [0.1, 0.15) is 52.3 Å². The summed E-state index contributed by atoms with van der Waals surface area (Å²) in [5, 5.41) is 4.54. The van der Waals surface area contributed by atoms with E-state index < -0.39 is 11.6 Å². The highest BCUT2D eigenvalue weighted by Gasteiger charge is 2.52. The molecule has 3 heterocycles. The molecule has 0 saturated carbocycles. The van der Waals surface area contributed by atoms with E-state index >= 15 is 0 Å². The number of Topliss-reactive ketones (excluding diaryl/α,β-unsaturated/α-hetero) is 1. The minimum absolute atomic E-state index is 0.0682. The minimum atomic E-state index is -1.05. The zero-order valence-corrected chi connectivity index (χ0v) is 18.7. The van der Waals surface area contributed by atoms with E-state index in [4.69, 9.17) is 0 Å². The number of halogens is 1. The van der Waals surface area contributed by atoms with Crippen LogP contribution in [0.4, 0.5) is 9.18 Å². The fourth-order valence-corrected chi connectivity index (χ4v) is 5.17. The number of amides is 4. The lowest BCUT2D eigenvalue weighted by Gasteiger charge is -2.38. The Hall–Kier alpha value is -3.07. The van der Waals surface area contributed by atoms with Gasteiger partial charge in [-0.15, -0.1) is 11.3 Å². The van der Waals surface area contributed by atoms with Gasteiger partial charge in [0.25, 0.3) is 11.8 Å². The van der Waals surface area contributed by atoms with Gasteiger partial charge in [-0.1, -0.05) is 12.1 Å². The highest BCUT2D eigenvalue weighted by Crippen LogP contribution is 2.34. The van der Waals surface area contributed by atoms with E-state index in [1.54, 1.807) is 35.4 Å². The topological polar surface area (TPSA) is 86.8 Å². The number of thiophene rings is 1. The second kappa shape index (κ2) is 8.46. The van der Waals surface area contributed by atoms with Crippen molar-refractivity contribution < 1.29 is 23.6 Å². The molecular weight excluding hydrogens is 433 g/mol. The Morgan fingerprint density at radius 3 is 2.44 bits per heavy atom. The summed E-state index contributed by atoms with van der Waals surface area (Å²) >= 11 is 1.26. The first-order valence-corrected chi connectivity index (χ1v) is 11.3. The molecule has 0 radical (unpaired) electrons. The van der Waals surface area contributed by atoms with Gasteiger partial charge in [0.05, 0.1) is 17.0 Å². The monoisotopic (exact) mass is 457 g/mol. The summed E-state index contributed by atoms with van der Waals surface area (Å²) in [5.74, 6) is -0.993. The first-order chi connectivity index (χ1) is 15.2. The number of urea groups is 1. The van der Waals surface area contributed by atoms with Crippen LogP contribution in [0.5, 0.6) is 0 Å². The third kappa shape index (κ3) is 4.04. The van der Waals surface area contributed by atoms with Crippen LogP contribution in [0, 0.1) is 11.7 Å². The fourth-order valence-electron chi connectivity index (χ4n) is 4.38. The van der Waals surface area contributed by atoms with Gasteiger partial charge in [-0.25, -0.2) is 9.18 Å². The molecule has 4 amide bonds. The van der Waals surface area contributed by atoms with E-state index in [1.165, 1.54) is 35.3 Å². The predicted molar refractivity (Wildman–Crippen MR) is 117 cm³/mol. The smallest absolute Gasteiger partial charge is 0.325 e. The van der Waals surface area contributed by atoms with E-state index in [0.717, 1.165) is 0 Å². The molecular formula is C23H24FN3O4S. The molecule has 7 nitrogen and oxygen atoms in total. The number of hydrogen-bond donors (Lipinski definition) is 1. The second-order valence-corrected chi connectivity index (χ2v) is 9.38. The van der Waals surface area contributed by atoms with E-state index in [-0.39, 0.29) is 35.9 Å². The molecule has 2 aliphatic heterocycles. The molecule has 0 bridgehead atoms. The molecule has 1 atom stereocenters. The molecule has 0 aliphatic carbocycles. The Kier molecular flexibility index (Phi) is 5.85. The average Bonchev–Trinajstić information content (AvgIpc) is 3.35. The lowest BCUT2D eigenvalue weighted by atomic mass is 9.78. The van der Waals surface area contributed by atoms with E-state index in [1.807, 2.05) is 0 Å². The van der Waals surface area contributed by atoms with Crippen LogP contribution in [0.3, 0.4) is 0 Å². The van der Waals surface area contributed by atoms with Crippen molar-refractivity contribution in [3.05, 3.63) is 57.5 Å². The van der Waals surface area contributed by atoms with Crippen LogP contribution < -0.4 is 5.32 Å².